The predicted molar refractivity (Wildman–Crippen MR) is 90.4 cm³/mol. The maximum absolute atomic E-state index is 12.4. The molecule has 2 amide bonds. The fourth-order valence-electron chi connectivity index (χ4n) is 2.92. The molecule has 1 aromatic heterocycles. The number of nitrogens with one attached hydrogen (secondary N) is 1. The molecule has 22 heavy (non-hydrogen) atoms. The molecule has 1 N–H and O–H groups in total. The first-order valence-electron chi connectivity index (χ1n) is 8.17. The van der Waals surface area contributed by atoms with Gasteiger partial charge in [0.15, 0.2) is 0 Å². The smallest absolute Gasteiger partial charge is 0.263 e. The summed E-state index contributed by atoms with van der Waals surface area (Å²) in [6, 6.07) is 2.19. The van der Waals surface area contributed by atoms with E-state index in [1.807, 2.05) is 38.7 Å². The normalized spacial score (nSPS) is 17.2. The summed E-state index contributed by atoms with van der Waals surface area (Å²) in [5.74, 6) is 0.303. The number of aryl methyl sites for hydroxylation is 1. The molecular formula is C17H26N2O2S. The van der Waals surface area contributed by atoms with Crippen LogP contribution in [-0.4, -0.2) is 35.8 Å². The molecule has 0 aromatic carbocycles. The lowest BCUT2D eigenvalue weighted by Crippen LogP contribution is -2.37. The average molecular weight is 322 g/mol. The zero-order valence-electron chi connectivity index (χ0n) is 13.9. The molecule has 0 fully saturated rings. The molecular weight excluding hydrogens is 296 g/mol. The quantitative estimate of drug-likeness (QED) is 0.906. The molecule has 4 nitrogen and oxygen atoms in total. The van der Waals surface area contributed by atoms with Crippen LogP contribution in [-0.2, 0) is 17.6 Å². The molecule has 0 aliphatic heterocycles. The molecule has 0 saturated carbocycles. The van der Waals surface area contributed by atoms with Crippen molar-refractivity contribution < 1.29 is 9.59 Å². The van der Waals surface area contributed by atoms with Crippen molar-refractivity contribution in [2.75, 3.05) is 13.1 Å². The molecule has 1 aliphatic rings. The van der Waals surface area contributed by atoms with Gasteiger partial charge in [0, 0.05) is 29.9 Å². The number of thiophene rings is 1. The van der Waals surface area contributed by atoms with Gasteiger partial charge in [-0.25, -0.2) is 0 Å². The Bertz CT molecular complexity index is 547. The van der Waals surface area contributed by atoms with E-state index in [1.54, 1.807) is 11.3 Å². The molecule has 0 spiro atoms. The first-order valence-corrected chi connectivity index (χ1v) is 8.99. The summed E-state index contributed by atoms with van der Waals surface area (Å²) in [7, 11) is 0. The number of carbonyl (C=O) groups excluding carboxylic acids is 2. The number of carbonyl (C=O) groups is 2. The SMILES string of the molecule is CCN(CC)C(=O)c1cc2c(s1)CC[C@H](C(=O)NC(C)C)C2. The van der Waals surface area contributed by atoms with Crippen molar-refractivity contribution in [2.24, 2.45) is 5.92 Å². The summed E-state index contributed by atoms with van der Waals surface area (Å²) in [4.78, 5) is 28.6. The average Bonchev–Trinajstić information content (AvgIpc) is 2.90. The molecule has 1 aliphatic carbocycles. The summed E-state index contributed by atoms with van der Waals surface area (Å²) in [6.07, 6.45) is 2.54. The number of nitrogens with zero attached hydrogens (tertiary/aromatic N) is 1. The van der Waals surface area contributed by atoms with E-state index in [4.69, 9.17) is 0 Å². The minimum absolute atomic E-state index is 0.0425. The Morgan fingerprint density at radius 2 is 2.05 bits per heavy atom. The van der Waals surface area contributed by atoms with E-state index in [9.17, 15) is 9.59 Å². The summed E-state index contributed by atoms with van der Waals surface area (Å²) >= 11 is 1.61. The van der Waals surface area contributed by atoms with Gasteiger partial charge in [0.1, 0.15) is 0 Å². The van der Waals surface area contributed by atoms with Crippen molar-refractivity contribution in [2.45, 2.75) is 53.0 Å². The highest BCUT2D eigenvalue weighted by molar-refractivity contribution is 7.14. The molecule has 0 radical (unpaired) electrons. The summed E-state index contributed by atoms with van der Waals surface area (Å²) < 4.78 is 0. The Morgan fingerprint density at radius 1 is 1.36 bits per heavy atom. The molecule has 5 heteroatoms. The van der Waals surface area contributed by atoms with Crippen molar-refractivity contribution in [3.63, 3.8) is 0 Å². The van der Waals surface area contributed by atoms with Crippen LogP contribution in [0.4, 0.5) is 0 Å². The highest BCUT2D eigenvalue weighted by atomic mass is 32.1. The van der Waals surface area contributed by atoms with Gasteiger partial charge in [0.05, 0.1) is 4.88 Å². The minimum atomic E-state index is 0.0425. The molecule has 122 valence electrons. The van der Waals surface area contributed by atoms with E-state index in [-0.39, 0.29) is 23.8 Å². The molecule has 1 aromatic rings. The van der Waals surface area contributed by atoms with Crippen LogP contribution < -0.4 is 5.32 Å². The van der Waals surface area contributed by atoms with Gasteiger partial charge < -0.3 is 10.2 Å². The summed E-state index contributed by atoms with van der Waals surface area (Å²) in [5.41, 5.74) is 1.19. The van der Waals surface area contributed by atoms with E-state index in [0.29, 0.717) is 0 Å². The third-order valence-electron chi connectivity index (χ3n) is 4.15. The number of amides is 2. The van der Waals surface area contributed by atoms with Crippen molar-refractivity contribution in [1.82, 2.24) is 10.2 Å². The van der Waals surface area contributed by atoms with Crippen LogP contribution in [0.15, 0.2) is 6.07 Å². The molecule has 0 unspecified atom stereocenters. The maximum atomic E-state index is 12.4. The van der Waals surface area contributed by atoms with Gasteiger partial charge in [-0.15, -0.1) is 11.3 Å². The fraction of sp³-hybridized carbons (Fsp3) is 0.647. The van der Waals surface area contributed by atoms with Gasteiger partial charge in [-0.1, -0.05) is 0 Å². The first-order chi connectivity index (χ1) is 10.5. The van der Waals surface area contributed by atoms with Crippen molar-refractivity contribution >= 4 is 23.2 Å². The Labute approximate surface area is 136 Å². The molecule has 1 heterocycles. The van der Waals surface area contributed by atoms with Gasteiger partial charge >= 0.3 is 0 Å². The van der Waals surface area contributed by atoms with Crippen molar-refractivity contribution in [3.8, 4) is 0 Å². The second kappa shape index (κ2) is 7.27. The number of hydrogen-bond donors (Lipinski definition) is 1. The highest BCUT2D eigenvalue weighted by Crippen LogP contribution is 2.33. The van der Waals surface area contributed by atoms with Crippen LogP contribution in [0.1, 0.15) is 54.2 Å². The molecule has 0 bridgehead atoms. The summed E-state index contributed by atoms with van der Waals surface area (Å²) in [6.45, 7) is 9.44. The van der Waals surface area contributed by atoms with E-state index in [1.165, 1.54) is 10.4 Å². The molecule has 0 saturated heterocycles. The predicted octanol–water partition coefficient (Wildman–Crippen LogP) is 2.86. The van der Waals surface area contributed by atoms with Gasteiger partial charge in [0.25, 0.3) is 5.91 Å². The zero-order valence-corrected chi connectivity index (χ0v) is 14.8. The topological polar surface area (TPSA) is 49.4 Å². The van der Waals surface area contributed by atoms with E-state index in [2.05, 4.69) is 5.32 Å². The second-order valence-electron chi connectivity index (χ2n) is 6.14. The highest BCUT2D eigenvalue weighted by Gasteiger charge is 2.28. The summed E-state index contributed by atoms with van der Waals surface area (Å²) in [5, 5.41) is 3.00. The van der Waals surface area contributed by atoms with Crippen molar-refractivity contribution in [1.29, 1.82) is 0 Å². The third kappa shape index (κ3) is 3.69. The largest absolute Gasteiger partial charge is 0.354 e. The Balaban J connectivity index is 2.10. The van der Waals surface area contributed by atoms with Crippen LogP contribution in [0.25, 0.3) is 0 Å². The van der Waals surface area contributed by atoms with Crippen molar-refractivity contribution in [3.05, 3.63) is 21.4 Å². The molecule has 1 atom stereocenters. The van der Waals surface area contributed by atoms with E-state index < -0.39 is 0 Å². The van der Waals surface area contributed by atoms with Crippen LogP contribution in [0.2, 0.25) is 0 Å². The van der Waals surface area contributed by atoms with Crippen LogP contribution in [0.3, 0.4) is 0 Å². The maximum Gasteiger partial charge on any atom is 0.263 e. The third-order valence-corrected chi connectivity index (χ3v) is 5.37. The number of fused-ring (bicyclic) bond motifs is 1. The van der Waals surface area contributed by atoms with Gasteiger partial charge in [-0.05, 0) is 58.6 Å². The van der Waals surface area contributed by atoms with Crippen LogP contribution in [0, 0.1) is 5.92 Å². The van der Waals surface area contributed by atoms with E-state index in [0.717, 1.165) is 37.2 Å². The van der Waals surface area contributed by atoms with E-state index >= 15 is 0 Å². The Kier molecular flexibility index (Phi) is 5.62. The number of hydrogen-bond acceptors (Lipinski definition) is 3. The first kappa shape index (κ1) is 17.0. The van der Waals surface area contributed by atoms with Crippen LogP contribution in [0.5, 0.6) is 0 Å². The van der Waals surface area contributed by atoms with Crippen LogP contribution >= 0.6 is 11.3 Å². The lowest BCUT2D eigenvalue weighted by atomic mass is 9.87. The fourth-order valence-corrected chi connectivity index (χ4v) is 4.10. The van der Waals surface area contributed by atoms with Gasteiger partial charge in [-0.2, -0.15) is 0 Å². The number of rotatable bonds is 5. The van der Waals surface area contributed by atoms with Gasteiger partial charge in [-0.3, -0.25) is 9.59 Å². The molecule has 2 rings (SSSR count). The zero-order chi connectivity index (χ0) is 16.3. The second-order valence-corrected chi connectivity index (χ2v) is 7.28. The standard InChI is InChI=1S/C17H26N2O2S/c1-5-19(6-2)17(21)15-10-13-9-12(7-8-14(13)22-15)16(20)18-11(3)4/h10-12H,5-9H2,1-4H3,(H,18,20)/t12-/m0/s1. The Morgan fingerprint density at radius 3 is 2.64 bits per heavy atom. The lowest BCUT2D eigenvalue weighted by Gasteiger charge is -2.22. The lowest BCUT2D eigenvalue weighted by molar-refractivity contribution is -0.125. The minimum Gasteiger partial charge on any atom is -0.354 e. The monoisotopic (exact) mass is 322 g/mol. The Hall–Kier alpha value is -1.36. The van der Waals surface area contributed by atoms with Gasteiger partial charge in [0.2, 0.25) is 5.91 Å².